The molecule has 6 heteroatoms. The zero-order valence-electron chi connectivity index (χ0n) is 18.8. The van der Waals surface area contributed by atoms with E-state index < -0.39 is 0 Å². The number of Topliss-reactive ketones (excluding diaryl/α,β-unsaturated/α-hetero) is 2. The number of hydrogen-bond acceptors (Lipinski definition) is 4. The van der Waals surface area contributed by atoms with Crippen LogP contribution in [0, 0.1) is 5.92 Å². The number of phenolic OH excluding ortho intramolecular Hbond substituents is 1. The molecule has 0 aromatic heterocycles. The van der Waals surface area contributed by atoms with Crippen molar-refractivity contribution in [3.05, 3.63) is 55.5 Å². The summed E-state index contributed by atoms with van der Waals surface area (Å²) < 4.78 is 8.02. The molecule has 0 spiro atoms. The van der Waals surface area contributed by atoms with Gasteiger partial charge in [-0.3, -0.25) is 9.59 Å². The minimum absolute atomic E-state index is 0.213. The largest absolute Gasteiger partial charge is 0.508 e. The topological polar surface area (TPSA) is 63.6 Å². The first-order valence-corrected chi connectivity index (χ1v) is 13.5. The highest BCUT2D eigenvalue weighted by Crippen LogP contribution is 2.34. The summed E-state index contributed by atoms with van der Waals surface area (Å²) in [5.41, 5.74) is 4.30. The van der Waals surface area contributed by atoms with Gasteiger partial charge in [0.05, 0.1) is 6.61 Å². The van der Waals surface area contributed by atoms with Crippen molar-refractivity contribution in [1.82, 2.24) is 0 Å². The van der Waals surface area contributed by atoms with Crippen LogP contribution in [-0.4, -0.2) is 23.3 Å². The van der Waals surface area contributed by atoms with E-state index >= 15 is 0 Å². The third-order valence-corrected chi connectivity index (χ3v) is 7.76. The summed E-state index contributed by atoms with van der Waals surface area (Å²) >= 11 is 6.87. The smallest absolute Gasteiger partial charge is 0.137 e. The summed E-state index contributed by atoms with van der Waals surface area (Å²) in [4.78, 5) is 22.8. The Bertz CT molecular complexity index is 1040. The molecule has 0 heterocycles. The summed E-state index contributed by atoms with van der Waals surface area (Å²) in [6, 6.07) is 7.77. The Labute approximate surface area is 212 Å². The number of ether oxygens (including phenoxy) is 1. The molecule has 0 saturated heterocycles. The standard InChI is InChI=1S/C17H21BrO2.C10H9BrO2/c18-14-8-13-6-7-15(19)10-16(13)17(9-14)20-11-12-4-2-1-3-5-12;11-7-3-6-1-2-8(12)5-9(6)10(13)4-7/h8-9,12H,1-7,10-11H2;3-4,13H,1-2,5H2. The molecule has 2 aromatic carbocycles. The van der Waals surface area contributed by atoms with E-state index in [0.717, 1.165) is 50.8 Å². The van der Waals surface area contributed by atoms with Crippen LogP contribution in [0.4, 0.5) is 0 Å². The van der Waals surface area contributed by atoms with Gasteiger partial charge in [0.1, 0.15) is 23.1 Å². The van der Waals surface area contributed by atoms with Crippen molar-refractivity contribution in [2.45, 2.75) is 70.6 Å². The lowest BCUT2D eigenvalue weighted by Crippen LogP contribution is -2.18. The minimum Gasteiger partial charge on any atom is -0.508 e. The van der Waals surface area contributed by atoms with Gasteiger partial charge in [-0.15, -0.1) is 0 Å². The minimum atomic E-state index is 0.213. The molecule has 0 aliphatic heterocycles. The summed E-state index contributed by atoms with van der Waals surface area (Å²) in [7, 11) is 0. The predicted octanol–water partition coefficient (Wildman–Crippen LogP) is 6.68. The average Bonchev–Trinajstić information content (AvgIpc) is 2.79. The lowest BCUT2D eigenvalue weighted by atomic mass is 9.89. The van der Waals surface area contributed by atoms with Crippen molar-refractivity contribution >= 4 is 43.4 Å². The van der Waals surface area contributed by atoms with Gasteiger partial charge >= 0.3 is 0 Å². The summed E-state index contributed by atoms with van der Waals surface area (Å²) in [6.45, 7) is 0.803. The molecule has 1 saturated carbocycles. The number of halogens is 2. The number of aromatic hydroxyl groups is 1. The normalized spacial score (nSPS) is 18.1. The van der Waals surface area contributed by atoms with Gasteiger partial charge in [0, 0.05) is 45.8 Å². The lowest BCUT2D eigenvalue weighted by molar-refractivity contribution is -0.119. The molecular weight excluding hydrogens is 548 g/mol. The number of ketones is 2. The summed E-state index contributed by atoms with van der Waals surface area (Å²) in [6.07, 6.45) is 10.4. The fourth-order valence-electron chi connectivity index (χ4n) is 5.00. The number of phenols is 1. The van der Waals surface area contributed by atoms with Crippen LogP contribution in [0.1, 0.15) is 67.2 Å². The van der Waals surface area contributed by atoms with Gasteiger partial charge in [-0.2, -0.15) is 0 Å². The van der Waals surface area contributed by atoms with Crippen molar-refractivity contribution in [1.29, 1.82) is 0 Å². The number of aryl methyl sites for hydroxylation is 2. The fraction of sp³-hybridized carbons (Fsp3) is 0.481. The van der Waals surface area contributed by atoms with Crippen molar-refractivity contribution in [3.8, 4) is 11.5 Å². The zero-order valence-corrected chi connectivity index (χ0v) is 22.0. The van der Waals surface area contributed by atoms with Crippen molar-refractivity contribution in [3.63, 3.8) is 0 Å². The third-order valence-electron chi connectivity index (χ3n) is 6.84. The van der Waals surface area contributed by atoms with Crippen LogP contribution in [-0.2, 0) is 35.3 Å². The molecule has 2 aromatic rings. The van der Waals surface area contributed by atoms with Crippen LogP contribution < -0.4 is 4.74 Å². The highest BCUT2D eigenvalue weighted by atomic mass is 79.9. The Morgan fingerprint density at radius 2 is 1.36 bits per heavy atom. The number of fused-ring (bicyclic) bond motifs is 2. The first-order valence-electron chi connectivity index (χ1n) is 11.9. The molecule has 33 heavy (non-hydrogen) atoms. The van der Waals surface area contributed by atoms with Gasteiger partial charge in [0.2, 0.25) is 0 Å². The molecule has 3 aliphatic rings. The van der Waals surface area contributed by atoms with Crippen LogP contribution in [0.15, 0.2) is 33.2 Å². The maximum Gasteiger partial charge on any atom is 0.137 e. The predicted molar refractivity (Wildman–Crippen MR) is 136 cm³/mol. The van der Waals surface area contributed by atoms with Crippen molar-refractivity contribution in [2.75, 3.05) is 6.61 Å². The molecule has 5 rings (SSSR count). The van der Waals surface area contributed by atoms with Gasteiger partial charge < -0.3 is 9.84 Å². The molecule has 0 unspecified atom stereocenters. The number of rotatable bonds is 3. The second-order valence-corrected chi connectivity index (χ2v) is 11.2. The molecule has 3 aliphatic carbocycles. The van der Waals surface area contributed by atoms with Gasteiger partial charge in [0.25, 0.3) is 0 Å². The maximum absolute atomic E-state index is 11.7. The highest BCUT2D eigenvalue weighted by molar-refractivity contribution is 9.10. The Morgan fingerprint density at radius 3 is 2.03 bits per heavy atom. The first kappa shape index (κ1) is 24.5. The van der Waals surface area contributed by atoms with E-state index in [4.69, 9.17) is 4.74 Å². The van der Waals surface area contributed by atoms with Gasteiger partial charge in [-0.25, -0.2) is 0 Å². The monoisotopic (exact) mass is 576 g/mol. The molecular formula is C27H30Br2O4. The Kier molecular flexibility index (Phi) is 8.29. The molecule has 0 radical (unpaired) electrons. The van der Waals surface area contributed by atoms with Crippen LogP contribution in [0.25, 0.3) is 0 Å². The third kappa shape index (κ3) is 6.48. The van der Waals surface area contributed by atoms with Crippen molar-refractivity contribution < 1.29 is 19.4 Å². The van der Waals surface area contributed by atoms with E-state index in [-0.39, 0.29) is 11.5 Å². The Morgan fingerprint density at radius 1 is 0.788 bits per heavy atom. The number of benzene rings is 2. The average molecular weight is 578 g/mol. The van der Waals surface area contributed by atoms with Crippen molar-refractivity contribution in [2.24, 2.45) is 5.92 Å². The summed E-state index contributed by atoms with van der Waals surface area (Å²) in [5, 5.41) is 9.57. The van der Waals surface area contributed by atoms with Crippen LogP contribution >= 0.6 is 31.9 Å². The first-order chi connectivity index (χ1) is 15.9. The summed E-state index contributed by atoms with van der Waals surface area (Å²) in [5.74, 6) is 2.40. The quantitative estimate of drug-likeness (QED) is 0.442. The SMILES string of the molecule is O=C1CCc2cc(Br)cc(O)c2C1.O=C1CCc2cc(Br)cc(OCC3CCCCC3)c2C1. The molecule has 1 fully saturated rings. The van der Waals surface area contributed by atoms with Crippen LogP contribution in [0.3, 0.4) is 0 Å². The van der Waals surface area contributed by atoms with E-state index in [2.05, 4.69) is 37.9 Å². The molecule has 176 valence electrons. The molecule has 0 amide bonds. The van der Waals surface area contributed by atoms with Crippen LogP contribution in [0.2, 0.25) is 0 Å². The molecule has 0 bridgehead atoms. The van der Waals surface area contributed by atoms with E-state index in [0.29, 0.717) is 37.4 Å². The lowest BCUT2D eigenvalue weighted by Gasteiger charge is -2.24. The van der Waals surface area contributed by atoms with E-state index in [1.54, 1.807) is 6.07 Å². The Balaban J connectivity index is 0.000000172. The van der Waals surface area contributed by atoms with Gasteiger partial charge in [0.15, 0.2) is 0 Å². The number of carbonyl (C=O) groups is 2. The zero-order chi connectivity index (χ0) is 23.4. The Hall–Kier alpha value is -1.66. The maximum atomic E-state index is 11.7. The second-order valence-electron chi connectivity index (χ2n) is 9.35. The van der Waals surface area contributed by atoms with E-state index in [1.807, 2.05) is 12.1 Å². The van der Waals surface area contributed by atoms with Crippen LogP contribution in [0.5, 0.6) is 11.5 Å². The number of carbonyl (C=O) groups excluding carboxylic acids is 2. The fourth-order valence-corrected chi connectivity index (χ4v) is 5.98. The number of hydrogen-bond donors (Lipinski definition) is 1. The van der Waals surface area contributed by atoms with Gasteiger partial charge in [-0.1, -0.05) is 51.1 Å². The molecule has 4 nitrogen and oxygen atoms in total. The van der Waals surface area contributed by atoms with E-state index in [9.17, 15) is 14.7 Å². The highest BCUT2D eigenvalue weighted by Gasteiger charge is 2.22. The molecule has 1 N–H and O–H groups in total. The van der Waals surface area contributed by atoms with E-state index in [1.165, 1.54) is 37.7 Å². The molecule has 0 atom stereocenters. The van der Waals surface area contributed by atoms with Gasteiger partial charge in [-0.05, 0) is 67.0 Å². The second kappa shape index (κ2) is 11.2.